The Labute approximate surface area is 178 Å². The number of aliphatic hydroxyl groups is 1. The first-order valence-corrected chi connectivity index (χ1v) is 10.5. The Bertz CT molecular complexity index is 881. The molecule has 1 amide bonds. The first kappa shape index (κ1) is 23.8. The van der Waals surface area contributed by atoms with Gasteiger partial charge in [0.15, 0.2) is 0 Å². The molecule has 162 valence electrons. The number of nitrogens with zero attached hydrogens (tertiary/aromatic N) is 1. The molecule has 0 aliphatic carbocycles. The topological polar surface area (TPSA) is 77.8 Å². The molecule has 0 spiro atoms. The Hall–Kier alpha value is -2.50. The fourth-order valence-electron chi connectivity index (χ4n) is 3.09. The van der Waals surface area contributed by atoms with E-state index in [2.05, 4.69) is 18.4 Å². The molecule has 2 N–H and O–H groups in total. The molecule has 5 nitrogen and oxygen atoms in total. The zero-order chi connectivity index (χ0) is 22.3. The van der Waals surface area contributed by atoms with Gasteiger partial charge in [-0.1, -0.05) is 31.6 Å². The van der Waals surface area contributed by atoms with Crippen molar-refractivity contribution in [2.75, 3.05) is 6.54 Å². The summed E-state index contributed by atoms with van der Waals surface area (Å²) in [6, 6.07) is 2.37. The molecule has 2 rings (SSSR count). The van der Waals surface area contributed by atoms with Crippen LogP contribution in [0.1, 0.15) is 47.2 Å². The van der Waals surface area contributed by atoms with Gasteiger partial charge in [0.2, 0.25) is 0 Å². The molecule has 1 aromatic rings. The van der Waals surface area contributed by atoms with Gasteiger partial charge in [-0.25, -0.2) is 4.79 Å². The van der Waals surface area contributed by atoms with Crippen LogP contribution in [-0.4, -0.2) is 51.6 Å². The van der Waals surface area contributed by atoms with Gasteiger partial charge in [-0.05, 0) is 30.5 Å². The summed E-state index contributed by atoms with van der Waals surface area (Å²) in [5.74, 6) is 0.0559. The van der Waals surface area contributed by atoms with Gasteiger partial charge >= 0.3 is 11.9 Å². The van der Waals surface area contributed by atoms with Crippen molar-refractivity contribution >= 4 is 23.2 Å². The lowest BCUT2D eigenvalue weighted by Crippen LogP contribution is -2.36. The van der Waals surface area contributed by atoms with Crippen LogP contribution in [0.25, 0.3) is 0 Å². The van der Waals surface area contributed by atoms with E-state index in [9.17, 15) is 23.5 Å². The van der Waals surface area contributed by atoms with E-state index in [1.165, 1.54) is 18.2 Å². The van der Waals surface area contributed by atoms with E-state index < -0.39 is 36.4 Å². The highest BCUT2D eigenvalue weighted by Gasteiger charge is 2.52. The van der Waals surface area contributed by atoms with E-state index in [1.807, 2.05) is 6.92 Å². The van der Waals surface area contributed by atoms with Crippen molar-refractivity contribution in [3.8, 4) is 11.8 Å². The lowest BCUT2D eigenvalue weighted by Gasteiger charge is -2.22. The molecule has 0 aromatic carbocycles. The number of likely N-dealkylation sites (tertiary alicyclic amines) is 1. The van der Waals surface area contributed by atoms with Crippen LogP contribution in [0.2, 0.25) is 0 Å². The van der Waals surface area contributed by atoms with Crippen LogP contribution in [0.15, 0.2) is 36.4 Å². The number of aromatic carboxylic acids is 1. The molecule has 8 heteroatoms. The third-order valence-corrected chi connectivity index (χ3v) is 5.82. The summed E-state index contributed by atoms with van der Waals surface area (Å²) in [5.41, 5.74) is 0.460. The number of thiophene rings is 1. The molecule has 2 heterocycles. The lowest BCUT2D eigenvalue weighted by atomic mass is 10.1. The number of alkyl halides is 2. The van der Waals surface area contributed by atoms with Crippen molar-refractivity contribution < 1.29 is 28.6 Å². The molecular weight excluding hydrogens is 412 g/mol. The maximum atomic E-state index is 14.0. The van der Waals surface area contributed by atoms with Crippen molar-refractivity contribution in [3.05, 3.63) is 46.2 Å². The molecule has 0 unspecified atom stereocenters. The summed E-state index contributed by atoms with van der Waals surface area (Å²) < 4.78 is 28.0. The molecule has 0 radical (unpaired) electrons. The number of aliphatic hydroxyl groups excluding tert-OH is 1. The Balaban J connectivity index is 1.98. The number of rotatable bonds is 9. The number of hydrogen-bond donors (Lipinski definition) is 2. The Kier molecular flexibility index (Phi) is 8.33. The molecule has 30 heavy (non-hydrogen) atoms. The first-order valence-electron chi connectivity index (χ1n) is 9.66. The summed E-state index contributed by atoms with van der Waals surface area (Å²) in [4.78, 5) is 25.2. The van der Waals surface area contributed by atoms with Crippen molar-refractivity contribution in [1.29, 1.82) is 0 Å². The van der Waals surface area contributed by atoms with Gasteiger partial charge in [0.25, 0.3) is 5.91 Å². The number of halogens is 2. The van der Waals surface area contributed by atoms with Crippen LogP contribution in [-0.2, 0) is 11.2 Å². The molecule has 2 atom stereocenters. The minimum Gasteiger partial charge on any atom is -0.477 e. The van der Waals surface area contributed by atoms with Crippen LogP contribution < -0.4 is 0 Å². The van der Waals surface area contributed by atoms with Crippen LogP contribution in [0.3, 0.4) is 0 Å². The minimum absolute atomic E-state index is 0.114. The maximum absolute atomic E-state index is 14.0. The van der Waals surface area contributed by atoms with Crippen LogP contribution in [0, 0.1) is 11.8 Å². The van der Waals surface area contributed by atoms with Gasteiger partial charge in [-0.3, -0.25) is 4.79 Å². The molecular formula is C22H25F2NO4S. The average molecular weight is 438 g/mol. The number of hydrogen-bond acceptors (Lipinski definition) is 4. The summed E-state index contributed by atoms with van der Waals surface area (Å²) in [6.45, 7) is 5.78. The normalized spacial score (nSPS) is 19.0. The monoisotopic (exact) mass is 437 g/mol. The van der Waals surface area contributed by atoms with Crippen LogP contribution in [0.5, 0.6) is 0 Å². The Morgan fingerprint density at radius 1 is 1.47 bits per heavy atom. The second-order valence-electron chi connectivity index (χ2n) is 7.02. The van der Waals surface area contributed by atoms with Gasteiger partial charge in [0.05, 0.1) is 12.1 Å². The highest BCUT2D eigenvalue weighted by molar-refractivity contribution is 7.13. The average Bonchev–Trinajstić information content (AvgIpc) is 3.24. The number of aryl methyl sites for hydroxylation is 1. The van der Waals surface area contributed by atoms with Gasteiger partial charge in [-0.15, -0.1) is 17.3 Å². The zero-order valence-corrected chi connectivity index (χ0v) is 17.6. The SMILES string of the molecule is C=C(CC#CCC)[C@H](O)/C=C/[C@H]1CC(F)(F)C(=O)N1CCCc1ccc(C(=O)O)s1. The molecule has 1 aliphatic heterocycles. The van der Waals surface area contributed by atoms with E-state index in [0.717, 1.165) is 21.1 Å². The summed E-state index contributed by atoms with van der Waals surface area (Å²) in [5, 5.41) is 19.1. The van der Waals surface area contributed by atoms with E-state index in [-0.39, 0.29) is 11.4 Å². The fraction of sp³-hybridized carbons (Fsp3) is 0.455. The van der Waals surface area contributed by atoms with Gasteiger partial charge in [0.1, 0.15) is 4.88 Å². The standard InChI is InChI=1S/C22H25F2NO4S/c1-3-4-5-7-15(2)18(26)11-9-16-14-22(23,24)21(29)25(16)13-6-8-17-10-12-19(30-17)20(27)28/h9-12,16,18,26H,2-3,6-8,13-14H2,1H3,(H,27,28)/b11-9+/t16-,18+/m0/s1. The van der Waals surface area contributed by atoms with E-state index >= 15 is 0 Å². The molecule has 0 saturated carbocycles. The number of amides is 1. The summed E-state index contributed by atoms with van der Waals surface area (Å²) in [7, 11) is 0. The van der Waals surface area contributed by atoms with E-state index in [0.29, 0.717) is 31.3 Å². The third kappa shape index (κ3) is 6.25. The summed E-state index contributed by atoms with van der Waals surface area (Å²) >= 11 is 1.13. The second-order valence-corrected chi connectivity index (χ2v) is 8.19. The first-order chi connectivity index (χ1) is 14.2. The van der Waals surface area contributed by atoms with Gasteiger partial charge < -0.3 is 15.1 Å². The highest BCUT2D eigenvalue weighted by atomic mass is 32.1. The van der Waals surface area contributed by atoms with Crippen molar-refractivity contribution in [3.63, 3.8) is 0 Å². The molecule has 1 aliphatic rings. The van der Waals surface area contributed by atoms with Gasteiger partial charge in [0, 0.05) is 30.7 Å². The van der Waals surface area contributed by atoms with E-state index in [4.69, 9.17) is 5.11 Å². The predicted molar refractivity (Wildman–Crippen MR) is 112 cm³/mol. The predicted octanol–water partition coefficient (Wildman–Crippen LogP) is 3.89. The number of carboxylic acids is 1. The number of carboxylic acid groups (broad SMARTS) is 1. The smallest absolute Gasteiger partial charge is 0.345 e. The molecule has 1 saturated heterocycles. The summed E-state index contributed by atoms with van der Waals surface area (Å²) in [6.07, 6.45) is 3.05. The molecule has 0 bridgehead atoms. The molecule has 1 fully saturated rings. The number of carbonyl (C=O) groups excluding carboxylic acids is 1. The Morgan fingerprint density at radius 3 is 2.83 bits per heavy atom. The third-order valence-electron chi connectivity index (χ3n) is 4.69. The maximum Gasteiger partial charge on any atom is 0.345 e. The lowest BCUT2D eigenvalue weighted by molar-refractivity contribution is -0.148. The van der Waals surface area contributed by atoms with Crippen molar-refractivity contribution in [2.45, 2.75) is 57.1 Å². The van der Waals surface area contributed by atoms with Gasteiger partial charge in [-0.2, -0.15) is 8.78 Å². The van der Waals surface area contributed by atoms with Crippen LogP contribution >= 0.6 is 11.3 Å². The Morgan fingerprint density at radius 2 is 2.20 bits per heavy atom. The largest absolute Gasteiger partial charge is 0.477 e. The number of carbonyl (C=O) groups is 2. The molecule has 1 aromatic heterocycles. The van der Waals surface area contributed by atoms with E-state index in [1.54, 1.807) is 6.07 Å². The second kappa shape index (κ2) is 10.5. The van der Waals surface area contributed by atoms with Crippen LogP contribution in [0.4, 0.5) is 8.78 Å². The quantitative estimate of drug-likeness (QED) is 0.454. The minimum atomic E-state index is -3.44. The van der Waals surface area contributed by atoms with Crippen molar-refractivity contribution in [1.82, 2.24) is 4.90 Å². The van der Waals surface area contributed by atoms with Crippen molar-refractivity contribution in [2.24, 2.45) is 0 Å². The zero-order valence-electron chi connectivity index (χ0n) is 16.7. The fourth-order valence-corrected chi connectivity index (χ4v) is 3.97. The highest BCUT2D eigenvalue weighted by Crippen LogP contribution is 2.34.